The van der Waals surface area contributed by atoms with E-state index in [-0.39, 0.29) is 18.6 Å². The zero-order valence-electron chi connectivity index (χ0n) is 13.5. The molecule has 2 rings (SSSR count). The lowest BCUT2D eigenvalue weighted by Crippen LogP contribution is -2.47. The van der Waals surface area contributed by atoms with E-state index in [4.69, 9.17) is 0 Å². The molecule has 3 nitrogen and oxygen atoms in total. The van der Waals surface area contributed by atoms with Gasteiger partial charge in [0.25, 0.3) is 0 Å². The van der Waals surface area contributed by atoms with Crippen molar-refractivity contribution in [1.29, 1.82) is 0 Å². The van der Waals surface area contributed by atoms with E-state index in [1.165, 1.54) is 11.8 Å². The normalized spacial score (nSPS) is 12.7. The lowest BCUT2D eigenvalue weighted by molar-refractivity contribution is -0.123. The van der Waals surface area contributed by atoms with Crippen LogP contribution < -0.4 is 5.32 Å². The number of thioether (sulfide) groups is 1. The zero-order chi connectivity index (χ0) is 16.7. The number of hydrogen-bond donors (Lipinski definition) is 2. The molecule has 0 bridgehead atoms. The Kier molecular flexibility index (Phi) is 6.25. The van der Waals surface area contributed by atoms with E-state index in [1.54, 1.807) is 0 Å². The van der Waals surface area contributed by atoms with Crippen LogP contribution in [0.2, 0.25) is 0 Å². The Morgan fingerprint density at radius 2 is 1.65 bits per heavy atom. The van der Waals surface area contributed by atoms with Crippen molar-refractivity contribution in [2.75, 3.05) is 6.61 Å². The van der Waals surface area contributed by atoms with Crippen molar-refractivity contribution in [2.24, 2.45) is 0 Å². The Balaban J connectivity index is 1.97. The first kappa shape index (κ1) is 17.6. The number of hydrogen-bond acceptors (Lipinski definition) is 3. The Labute approximate surface area is 142 Å². The summed E-state index contributed by atoms with van der Waals surface area (Å²) in [6.07, 6.45) is 0.620. The molecule has 0 aliphatic carbocycles. The topological polar surface area (TPSA) is 49.3 Å². The van der Waals surface area contributed by atoms with Crippen LogP contribution in [0.1, 0.15) is 19.4 Å². The number of rotatable bonds is 7. The van der Waals surface area contributed by atoms with E-state index < -0.39 is 4.75 Å². The van der Waals surface area contributed by atoms with Crippen molar-refractivity contribution in [3.05, 3.63) is 66.2 Å². The molecule has 2 aromatic carbocycles. The highest BCUT2D eigenvalue weighted by molar-refractivity contribution is 8.01. The molecule has 0 fully saturated rings. The van der Waals surface area contributed by atoms with Gasteiger partial charge in [-0.25, -0.2) is 0 Å². The number of amides is 1. The summed E-state index contributed by atoms with van der Waals surface area (Å²) < 4.78 is -0.606. The Morgan fingerprint density at radius 3 is 2.22 bits per heavy atom. The molecule has 0 radical (unpaired) electrons. The molecule has 2 aromatic rings. The highest BCUT2D eigenvalue weighted by Gasteiger charge is 2.30. The van der Waals surface area contributed by atoms with Crippen molar-refractivity contribution >= 4 is 17.7 Å². The van der Waals surface area contributed by atoms with Gasteiger partial charge in [-0.1, -0.05) is 48.5 Å². The van der Waals surface area contributed by atoms with E-state index in [1.807, 2.05) is 74.5 Å². The number of carbonyl (C=O) groups excluding carboxylic acids is 1. The summed E-state index contributed by atoms with van der Waals surface area (Å²) in [7, 11) is 0. The molecule has 2 N–H and O–H groups in total. The van der Waals surface area contributed by atoms with Gasteiger partial charge in [0.2, 0.25) is 5.91 Å². The van der Waals surface area contributed by atoms with Crippen molar-refractivity contribution in [2.45, 2.75) is 36.0 Å². The van der Waals surface area contributed by atoms with E-state index in [0.717, 1.165) is 10.5 Å². The van der Waals surface area contributed by atoms with Gasteiger partial charge in [0.15, 0.2) is 0 Å². The fourth-order valence-corrected chi connectivity index (χ4v) is 3.28. The monoisotopic (exact) mass is 329 g/mol. The molecule has 0 unspecified atom stereocenters. The van der Waals surface area contributed by atoms with Gasteiger partial charge >= 0.3 is 0 Å². The maximum absolute atomic E-state index is 12.6. The van der Waals surface area contributed by atoms with Crippen molar-refractivity contribution in [3.63, 3.8) is 0 Å². The van der Waals surface area contributed by atoms with Gasteiger partial charge in [0.1, 0.15) is 0 Å². The summed E-state index contributed by atoms with van der Waals surface area (Å²) in [6.45, 7) is 3.72. The first-order chi connectivity index (χ1) is 11.0. The third-order valence-electron chi connectivity index (χ3n) is 3.54. The largest absolute Gasteiger partial charge is 0.394 e. The van der Waals surface area contributed by atoms with Gasteiger partial charge in [-0.05, 0) is 38.0 Å². The summed E-state index contributed by atoms with van der Waals surface area (Å²) >= 11 is 1.52. The van der Waals surface area contributed by atoms with Crippen LogP contribution in [0, 0.1) is 0 Å². The number of nitrogens with one attached hydrogen (secondary N) is 1. The minimum absolute atomic E-state index is 0.0682. The third-order valence-corrected chi connectivity index (χ3v) is 4.75. The summed E-state index contributed by atoms with van der Waals surface area (Å²) in [4.78, 5) is 13.6. The second kappa shape index (κ2) is 8.18. The molecule has 0 aliphatic rings. The SMILES string of the molecule is CC(C)(Sc1ccccc1)C(=O)N[C@@H](CO)Cc1ccccc1. The van der Waals surface area contributed by atoms with Crippen LogP contribution in [-0.4, -0.2) is 28.4 Å². The molecule has 0 aliphatic heterocycles. The molecule has 0 spiro atoms. The zero-order valence-corrected chi connectivity index (χ0v) is 14.3. The maximum Gasteiger partial charge on any atom is 0.236 e. The lowest BCUT2D eigenvalue weighted by atomic mass is 10.1. The van der Waals surface area contributed by atoms with E-state index in [2.05, 4.69) is 5.32 Å². The van der Waals surface area contributed by atoms with Gasteiger partial charge in [0, 0.05) is 4.90 Å². The first-order valence-corrected chi connectivity index (χ1v) is 8.53. The van der Waals surface area contributed by atoms with E-state index >= 15 is 0 Å². The van der Waals surface area contributed by atoms with Crippen molar-refractivity contribution in [3.8, 4) is 0 Å². The second-order valence-corrected chi connectivity index (χ2v) is 7.66. The molecule has 0 heterocycles. The van der Waals surface area contributed by atoms with Gasteiger partial charge in [-0.15, -0.1) is 11.8 Å². The molecule has 0 saturated heterocycles. The molecular weight excluding hydrogens is 306 g/mol. The number of aliphatic hydroxyl groups excluding tert-OH is 1. The molecule has 1 amide bonds. The van der Waals surface area contributed by atoms with Crippen LogP contribution in [0.5, 0.6) is 0 Å². The molecular formula is C19H23NO2S. The van der Waals surface area contributed by atoms with Gasteiger partial charge in [-0.2, -0.15) is 0 Å². The van der Waals surface area contributed by atoms with Crippen molar-refractivity contribution in [1.82, 2.24) is 5.32 Å². The van der Waals surface area contributed by atoms with Crippen LogP contribution in [0.25, 0.3) is 0 Å². The van der Waals surface area contributed by atoms with Gasteiger partial charge in [-0.3, -0.25) is 4.79 Å². The third kappa shape index (κ3) is 5.41. The molecule has 0 aromatic heterocycles. The highest BCUT2D eigenvalue weighted by Crippen LogP contribution is 2.32. The van der Waals surface area contributed by atoms with Crippen LogP contribution in [0.3, 0.4) is 0 Å². The Hall–Kier alpha value is -1.78. The lowest BCUT2D eigenvalue weighted by Gasteiger charge is -2.26. The molecule has 1 atom stereocenters. The number of benzene rings is 2. The van der Waals surface area contributed by atoms with Gasteiger partial charge < -0.3 is 10.4 Å². The standard InChI is InChI=1S/C19H23NO2S/c1-19(2,23-17-11-7-4-8-12-17)18(22)20-16(14-21)13-15-9-5-3-6-10-15/h3-12,16,21H,13-14H2,1-2H3,(H,20,22)/t16-/m1/s1. The van der Waals surface area contributed by atoms with Crippen LogP contribution in [0.15, 0.2) is 65.6 Å². The highest BCUT2D eigenvalue weighted by atomic mass is 32.2. The molecule has 122 valence electrons. The second-order valence-electron chi connectivity index (χ2n) is 5.97. The summed E-state index contributed by atoms with van der Waals surface area (Å²) in [5.74, 6) is -0.0682. The summed E-state index contributed by atoms with van der Waals surface area (Å²) in [5.41, 5.74) is 1.10. The minimum atomic E-state index is -0.606. The Bertz CT molecular complexity index is 614. The predicted molar refractivity (Wildman–Crippen MR) is 95.5 cm³/mol. The van der Waals surface area contributed by atoms with Crippen LogP contribution in [0.4, 0.5) is 0 Å². The first-order valence-electron chi connectivity index (χ1n) is 7.71. The molecule has 4 heteroatoms. The average Bonchev–Trinajstić information content (AvgIpc) is 2.55. The average molecular weight is 329 g/mol. The van der Waals surface area contributed by atoms with E-state index in [9.17, 15) is 9.90 Å². The fraction of sp³-hybridized carbons (Fsp3) is 0.316. The number of carbonyl (C=O) groups is 1. The van der Waals surface area contributed by atoms with Gasteiger partial charge in [0.05, 0.1) is 17.4 Å². The fourth-order valence-electron chi connectivity index (χ4n) is 2.25. The van der Waals surface area contributed by atoms with Crippen molar-refractivity contribution < 1.29 is 9.90 Å². The minimum Gasteiger partial charge on any atom is -0.394 e. The molecule has 0 saturated carbocycles. The Morgan fingerprint density at radius 1 is 1.09 bits per heavy atom. The smallest absolute Gasteiger partial charge is 0.236 e. The summed E-state index contributed by atoms with van der Waals surface area (Å²) in [5, 5.41) is 12.5. The quantitative estimate of drug-likeness (QED) is 0.767. The van der Waals surface area contributed by atoms with E-state index in [0.29, 0.717) is 6.42 Å². The van der Waals surface area contributed by atoms with Crippen LogP contribution in [-0.2, 0) is 11.2 Å². The maximum atomic E-state index is 12.6. The molecule has 23 heavy (non-hydrogen) atoms. The number of aliphatic hydroxyl groups is 1. The van der Waals surface area contributed by atoms with Crippen LogP contribution >= 0.6 is 11.8 Å². The predicted octanol–water partition coefficient (Wildman–Crippen LogP) is 3.28. The summed E-state index contributed by atoms with van der Waals surface area (Å²) in [6, 6.07) is 19.5.